The highest BCUT2D eigenvalue weighted by Gasteiger charge is 2.15. The van der Waals surface area contributed by atoms with E-state index in [0.29, 0.717) is 16.5 Å². The van der Waals surface area contributed by atoms with Gasteiger partial charge in [-0.15, -0.1) is 0 Å². The molecule has 0 spiro atoms. The minimum Gasteiger partial charge on any atom is -0.496 e. The van der Waals surface area contributed by atoms with Crippen LogP contribution in [0, 0.1) is 0 Å². The summed E-state index contributed by atoms with van der Waals surface area (Å²) in [6.45, 7) is 1.89. The largest absolute Gasteiger partial charge is 0.496 e. The number of anilines is 1. The molecule has 1 heterocycles. The van der Waals surface area contributed by atoms with Crippen LogP contribution in [0.4, 0.5) is 5.69 Å². The summed E-state index contributed by atoms with van der Waals surface area (Å²) in [5.41, 5.74) is 7.33. The summed E-state index contributed by atoms with van der Waals surface area (Å²) in [5, 5.41) is 4.42. The number of hydrogen-bond acceptors (Lipinski definition) is 3. The third kappa shape index (κ3) is 4.90. The van der Waals surface area contributed by atoms with Crippen molar-refractivity contribution in [3.63, 3.8) is 0 Å². The molecule has 0 saturated heterocycles. The van der Waals surface area contributed by atoms with Gasteiger partial charge in [-0.05, 0) is 59.5 Å². The summed E-state index contributed by atoms with van der Waals surface area (Å²) in [6, 6.07) is 29.6. The fourth-order valence-electron chi connectivity index (χ4n) is 4.21. The van der Waals surface area contributed by atoms with Crippen LogP contribution >= 0.6 is 11.6 Å². The highest BCUT2D eigenvalue weighted by Crippen LogP contribution is 2.38. The van der Waals surface area contributed by atoms with E-state index in [9.17, 15) is 4.79 Å². The number of rotatable bonds is 6. The molecule has 5 aromatic rings. The summed E-state index contributed by atoms with van der Waals surface area (Å²) in [6.07, 6.45) is 3.32. The Kier molecular flexibility index (Phi) is 6.61. The molecule has 4 nitrogen and oxygen atoms in total. The molecule has 178 valence electrons. The number of nitrogens with one attached hydrogen (secondary N) is 1. The van der Waals surface area contributed by atoms with E-state index in [2.05, 4.69) is 41.7 Å². The average Bonchev–Trinajstić information content (AvgIpc) is 3.32. The van der Waals surface area contributed by atoms with Crippen molar-refractivity contribution < 1.29 is 13.9 Å². The number of hydrogen-bond donors (Lipinski definition) is 1. The van der Waals surface area contributed by atoms with Gasteiger partial charge in [0.1, 0.15) is 11.3 Å². The minimum absolute atomic E-state index is 0.235. The molecule has 0 unspecified atom stereocenters. The molecule has 1 aromatic heterocycles. The summed E-state index contributed by atoms with van der Waals surface area (Å²) < 4.78 is 11.5. The number of methoxy groups -OCH3 is 1. The van der Waals surface area contributed by atoms with E-state index in [1.54, 1.807) is 43.7 Å². The molecule has 1 amide bonds. The molecule has 0 aliphatic heterocycles. The third-order valence-corrected chi connectivity index (χ3v) is 6.33. The topological polar surface area (TPSA) is 51.5 Å². The molecule has 0 aliphatic carbocycles. The Labute approximate surface area is 214 Å². The van der Waals surface area contributed by atoms with E-state index >= 15 is 0 Å². The van der Waals surface area contributed by atoms with Gasteiger partial charge in [0, 0.05) is 39.4 Å². The Morgan fingerprint density at radius 2 is 1.56 bits per heavy atom. The predicted molar refractivity (Wildman–Crippen MR) is 147 cm³/mol. The monoisotopic (exact) mass is 493 g/mol. The second-order valence-corrected chi connectivity index (χ2v) is 8.90. The maximum Gasteiger partial charge on any atom is 0.248 e. The molecular weight excluding hydrogens is 470 g/mol. The Bertz CT molecular complexity index is 1550. The Morgan fingerprint density at radius 1 is 0.889 bits per heavy atom. The lowest BCUT2D eigenvalue weighted by Crippen LogP contribution is -2.08. The number of ether oxygens (including phenoxy) is 1. The molecule has 1 N–H and O–H groups in total. The van der Waals surface area contributed by atoms with E-state index in [1.165, 1.54) is 5.56 Å². The van der Waals surface area contributed by atoms with E-state index < -0.39 is 0 Å². The van der Waals surface area contributed by atoms with Crippen molar-refractivity contribution in [2.75, 3.05) is 12.4 Å². The normalized spacial score (nSPS) is 11.5. The van der Waals surface area contributed by atoms with E-state index in [0.717, 1.165) is 38.8 Å². The lowest BCUT2D eigenvalue weighted by atomic mass is 9.97. The van der Waals surface area contributed by atoms with Crippen molar-refractivity contribution in [1.82, 2.24) is 0 Å². The summed E-state index contributed by atoms with van der Waals surface area (Å²) >= 11 is 5.93. The van der Waals surface area contributed by atoms with Crippen LogP contribution in [0.2, 0.25) is 5.02 Å². The number of carbonyl (C=O) groups excluding carboxylic acids is 1. The minimum atomic E-state index is -0.235. The number of halogens is 1. The second-order valence-electron chi connectivity index (χ2n) is 8.46. The molecule has 5 heteroatoms. The molecule has 0 radical (unpaired) electrons. The van der Waals surface area contributed by atoms with Crippen LogP contribution in [0.1, 0.15) is 12.5 Å². The van der Waals surface area contributed by atoms with Crippen LogP contribution < -0.4 is 10.1 Å². The molecule has 36 heavy (non-hydrogen) atoms. The molecule has 0 aliphatic rings. The average molecular weight is 494 g/mol. The van der Waals surface area contributed by atoms with Gasteiger partial charge >= 0.3 is 0 Å². The van der Waals surface area contributed by atoms with Crippen molar-refractivity contribution in [3.05, 3.63) is 114 Å². The number of furan rings is 1. The molecule has 0 fully saturated rings. The SMILES string of the molecule is COc1cc2occ(-c3ccc(-c4ccccc4)cc3)c2cc1/C(C)=C/C(=O)Nc1ccc(Cl)cc1. The van der Waals surface area contributed by atoms with E-state index in [-0.39, 0.29) is 5.91 Å². The van der Waals surface area contributed by atoms with Crippen molar-refractivity contribution in [2.45, 2.75) is 6.92 Å². The zero-order valence-electron chi connectivity index (χ0n) is 19.9. The van der Waals surface area contributed by atoms with Gasteiger partial charge in [-0.3, -0.25) is 4.79 Å². The van der Waals surface area contributed by atoms with E-state index in [1.807, 2.05) is 37.3 Å². The molecule has 4 aromatic carbocycles. The fourth-order valence-corrected chi connectivity index (χ4v) is 4.34. The highest BCUT2D eigenvalue weighted by atomic mass is 35.5. The van der Waals surface area contributed by atoms with Crippen molar-refractivity contribution in [1.29, 1.82) is 0 Å². The second kappa shape index (κ2) is 10.1. The van der Waals surface area contributed by atoms with Crippen LogP contribution in [-0.4, -0.2) is 13.0 Å². The number of carbonyl (C=O) groups is 1. The molecule has 5 rings (SSSR count). The van der Waals surface area contributed by atoms with Gasteiger partial charge < -0.3 is 14.5 Å². The van der Waals surface area contributed by atoms with Crippen molar-refractivity contribution >= 4 is 39.7 Å². The first-order valence-electron chi connectivity index (χ1n) is 11.5. The first kappa shape index (κ1) is 23.5. The molecule has 0 saturated carbocycles. The smallest absolute Gasteiger partial charge is 0.248 e. The molecular formula is C31H24ClNO3. The number of fused-ring (bicyclic) bond motifs is 1. The van der Waals surface area contributed by atoms with Crippen LogP contribution in [0.25, 0.3) is 38.8 Å². The van der Waals surface area contributed by atoms with Gasteiger partial charge in [0.25, 0.3) is 0 Å². The lowest BCUT2D eigenvalue weighted by molar-refractivity contribution is -0.111. The van der Waals surface area contributed by atoms with Crippen LogP contribution in [0.3, 0.4) is 0 Å². The van der Waals surface area contributed by atoms with Gasteiger partial charge in [-0.2, -0.15) is 0 Å². The Morgan fingerprint density at radius 3 is 2.25 bits per heavy atom. The third-order valence-electron chi connectivity index (χ3n) is 6.08. The zero-order valence-corrected chi connectivity index (χ0v) is 20.7. The van der Waals surface area contributed by atoms with Crippen LogP contribution in [0.15, 0.2) is 108 Å². The van der Waals surface area contributed by atoms with Gasteiger partial charge in [-0.25, -0.2) is 0 Å². The fraction of sp³-hybridized carbons (Fsp3) is 0.0645. The van der Waals surface area contributed by atoms with Gasteiger partial charge in [-0.1, -0.05) is 66.2 Å². The van der Waals surface area contributed by atoms with Gasteiger partial charge in [0.2, 0.25) is 5.91 Å². The lowest BCUT2D eigenvalue weighted by Gasteiger charge is -2.10. The van der Waals surface area contributed by atoms with Gasteiger partial charge in [0.15, 0.2) is 0 Å². The van der Waals surface area contributed by atoms with Crippen LogP contribution in [0.5, 0.6) is 5.75 Å². The summed E-state index contributed by atoms with van der Waals surface area (Å²) in [7, 11) is 1.61. The maximum atomic E-state index is 12.7. The summed E-state index contributed by atoms with van der Waals surface area (Å²) in [4.78, 5) is 12.7. The van der Waals surface area contributed by atoms with Crippen molar-refractivity contribution in [2.24, 2.45) is 0 Å². The standard InChI is InChI=1S/C31H24ClNO3/c1-20(16-31(34)33-25-14-12-24(32)13-15-25)26-17-27-28(19-36-30(27)18-29(26)35-2)23-10-8-22(9-11-23)21-6-4-3-5-7-21/h3-19H,1-2H3,(H,33,34)/b20-16+. The first-order valence-corrected chi connectivity index (χ1v) is 11.9. The first-order chi connectivity index (χ1) is 17.5. The quantitative estimate of drug-likeness (QED) is 0.241. The van der Waals surface area contributed by atoms with Gasteiger partial charge in [0.05, 0.1) is 13.4 Å². The predicted octanol–water partition coefficient (Wildman–Crippen LogP) is 8.47. The Hall–Kier alpha value is -4.28. The highest BCUT2D eigenvalue weighted by molar-refractivity contribution is 6.30. The number of benzene rings is 4. The molecule has 0 bridgehead atoms. The van der Waals surface area contributed by atoms with E-state index in [4.69, 9.17) is 20.8 Å². The Balaban J connectivity index is 1.47. The summed E-state index contributed by atoms with van der Waals surface area (Å²) in [5.74, 6) is 0.400. The number of allylic oxidation sites excluding steroid dienone is 1. The van der Waals surface area contributed by atoms with Crippen LogP contribution in [-0.2, 0) is 4.79 Å². The number of amides is 1. The molecule has 0 atom stereocenters. The van der Waals surface area contributed by atoms with Crippen molar-refractivity contribution in [3.8, 4) is 28.0 Å². The zero-order chi connectivity index (χ0) is 25.1. The maximum absolute atomic E-state index is 12.7.